The molecular formula is C13H18F2N4O3. The Labute approximate surface area is 126 Å². The van der Waals surface area contributed by atoms with Crippen LogP contribution in [0.25, 0.3) is 0 Å². The maximum Gasteiger partial charge on any atom is 0.307 e. The molecule has 7 nitrogen and oxygen atoms in total. The Balaban J connectivity index is 1.77. The van der Waals surface area contributed by atoms with Crippen LogP contribution < -0.4 is 0 Å². The Morgan fingerprint density at radius 2 is 2.14 bits per heavy atom. The molecule has 3 rings (SSSR count). The molecule has 2 atom stereocenters. The molecule has 1 aromatic rings. The molecule has 1 aliphatic heterocycles. The van der Waals surface area contributed by atoms with Crippen LogP contribution in [0.5, 0.6) is 0 Å². The predicted molar refractivity (Wildman–Crippen MR) is 72.9 cm³/mol. The summed E-state index contributed by atoms with van der Waals surface area (Å²) in [6.07, 6.45) is 2.56. The quantitative estimate of drug-likeness (QED) is 0.628. The summed E-state index contributed by atoms with van der Waals surface area (Å²) in [5.74, 6) is -2.90. The molecule has 2 aliphatic rings. The fraction of sp³-hybridized carbons (Fsp3) is 0.769. The van der Waals surface area contributed by atoms with Crippen LogP contribution in [-0.2, 0) is 4.74 Å². The molecule has 0 radical (unpaired) electrons. The van der Waals surface area contributed by atoms with Crippen molar-refractivity contribution in [3.8, 4) is 0 Å². The average molecular weight is 316 g/mol. The Bertz CT molecular complexity index is 545. The fourth-order valence-corrected chi connectivity index (χ4v) is 3.24. The molecule has 122 valence electrons. The highest BCUT2D eigenvalue weighted by molar-refractivity contribution is 5.21. The molecule has 0 bridgehead atoms. The molecule has 0 amide bonds. The third-order valence-electron chi connectivity index (χ3n) is 4.47. The van der Waals surface area contributed by atoms with E-state index in [2.05, 4.69) is 10.00 Å². The molecule has 9 heteroatoms. The number of ether oxygens (including phenoxy) is 1. The molecule has 0 unspecified atom stereocenters. The zero-order valence-electron chi connectivity index (χ0n) is 12.0. The lowest BCUT2D eigenvalue weighted by Crippen LogP contribution is -2.49. The van der Waals surface area contributed by atoms with E-state index in [1.54, 1.807) is 0 Å². The van der Waals surface area contributed by atoms with Crippen LogP contribution in [-0.4, -0.2) is 57.9 Å². The van der Waals surface area contributed by atoms with E-state index in [1.807, 2.05) is 0 Å². The first kappa shape index (κ1) is 15.3. The van der Waals surface area contributed by atoms with Gasteiger partial charge in [0.1, 0.15) is 18.4 Å². The third kappa shape index (κ3) is 2.95. The van der Waals surface area contributed by atoms with Crippen LogP contribution in [0.2, 0.25) is 0 Å². The lowest BCUT2D eigenvalue weighted by Gasteiger charge is -2.42. The van der Waals surface area contributed by atoms with Crippen molar-refractivity contribution >= 4 is 5.69 Å². The number of nitro groups is 1. The number of hydrogen-bond donors (Lipinski definition) is 0. The maximum absolute atomic E-state index is 14.2. The summed E-state index contributed by atoms with van der Waals surface area (Å²) >= 11 is 0. The Hall–Kier alpha value is -1.61. The molecule has 1 saturated carbocycles. The highest BCUT2D eigenvalue weighted by Crippen LogP contribution is 2.43. The molecule has 1 aliphatic carbocycles. The molecule has 0 spiro atoms. The van der Waals surface area contributed by atoms with Gasteiger partial charge in [-0.2, -0.15) is 5.10 Å². The van der Waals surface area contributed by atoms with Gasteiger partial charge >= 0.3 is 5.69 Å². The summed E-state index contributed by atoms with van der Waals surface area (Å²) in [6, 6.07) is -1.10. The Morgan fingerprint density at radius 1 is 1.41 bits per heavy atom. The second-order valence-electron chi connectivity index (χ2n) is 5.79. The topological polar surface area (TPSA) is 73.4 Å². The van der Waals surface area contributed by atoms with Gasteiger partial charge in [-0.05, 0) is 12.8 Å². The first-order chi connectivity index (χ1) is 10.5. The standard InChI is InChI=1S/C13H18F2N4O3/c14-13(15)2-1-10(17-3-5-22-6-4-17)7-12(13)18-9-11(8-16-18)19(20)21/h8-10,12H,1-7H2/t10-,12+/m0/s1. The van der Waals surface area contributed by atoms with Crippen molar-refractivity contribution in [3.05, 3.63) is 22.5 Å². The molecular weight excluding hydrogens is 298 g/mol. The molecule has 2 heterocycles. The minimum Gasteiger partial charge on any atom is -0.379 e. The lowest BCUT2D eigenvalue weighted by atomic mass is 9.86. The number of aromatic nitrogens is 2. The van der Waals surface area contributed by atoms with Crippen LogP contribution in [0, 0.1) is 10.1 Å². The minimum atomic E-state index is -2.90. The van der Waals surface area contributed by atoms with Gasteiger partial charge in [0.15, 0.2) is 0 Å². The third-order valence-corrected chi connectivity index (χ3v) is 4.47. The van der Waals surface area contributed by atoms with Crippen molar-refractivity contribution < 1.29 is 18.4 Å². The van der Waals surface area contributed by atoms with Crippen molar-refractivity contribution in [2.75, 3.05) is 26.3 Å². The smallest absolute Gasteiger partial charge is 0.307 e. The molecule has 0 aromatic carbocycles. The first-order valence-corrected chi connectivity index (χ1v) is 7.35. The highest BCUT2D eigenvalue weighted by Gasteiger charge is 2.47. The Kier molecular flexibility index (Phi) is 4.09. The zero-order chi connectivity index (χ0) is 15.7. The zero-order valence-corrected chi connectivity index (χ0v) is 12.0. The van der Waals surface area contributed by atoms with Crippen molar-refractivity contribution in [2.24, 2.45) is 0 Å². The number of nitrogens with zero attached hydrogens (tertiary/aromatic N) is 4. The van der Waals surface area contributed by atoms with Crippen molar-refractivity contribution in [2.45, 2.75) is 37.3 Å². The highest BCUT2D eigenvalue weighted by atomic mass is 19.3. The van der Waals surface area contributed by atoms with E-state index in [1.165, 1.54) is 0 Å². The van der Waals surface area contributed by atoms with Crippen LogP contribution in [0.4, 0.5) is 14.5 Å². The summed E-state index contributed by atoms with van der Waals surface area (Å²) in [7, 11) is 0. The summed E-state index contributed by atoms with van der Waals surface area (Å²) in [5.41, 5.74) is -0.260. The molecule has 1 aromatic heterocycles. The lowest BCUT2D eigenvalue weighted by molar-refractivity contribution is -0.385. The summed E-state index contributed by atoms with van der Waals surface area (Å²) in [4.78, 5) is 12.3. The van der Waals surface area contributed by atoms with Gasteiger partial charge < -0.3 is 4.74 Å². The largest absolute Gasteiger partial charge is 0.379 e. The van der Waals surface area contributed by atoms with Gasteiger partial charge in [0.05, 0.1) is 18.1 Å². The van der Waals surface area contributed by atoms with E-state index in [0.717, 1.165) is 30.2 Å². The van der Waals surface area contributed by atoms with Crippen LogP contribution in [0.1, 0.15) is 25.3 Å². The van der Waals surface area contributed by atoms with Gasteiger partial charge in [-0.1, -0.05) is 0 Å². The molecule has 0 N–H and O–H groups in total. The van der Waals surface area contributed by atoms with E-state index < -0.39 is 16.9 Å². The van der Waals surface area contributed by atoms with E-state index in [4.69, 9.17) is 4.74 Å². The van der Waals surface area contributed by atoms with Gasteiger partial charge in [0, 0.05) is 25.6 Å². The number of alkyl halides is 2. The SMILES string of the molecule is O=[N+]([O-])c1cnn([C@@H]2C[C@@H](N3CCOCC3)CCC2(F)F)c1. The molecule has 1 saturated heterocycles. The van der Waals surface area contributed by atoms with Gasteiger partial charge in [-0.3, -0.25) is 19.7 Å². The van der Waals surface area contributed by atoms with E-state index in [0.29, 0.717) is 19.6 Å². The normalized spacial score (nSPS) is 29.4. The van der Waals surface area contributed by atoms with Crippen molar-refractivity contribution in [3.63, 3.8) is 0 Å². The monoisotopic (exact) mass is 316 g/mol. The van der Waals surface area contributed by atoms with Crippen LogP contribution in [0.15, 0.2) is 12.4 Å². The first-order valence-electron chi connectivity index (χ1n) is 7.35. The maximum atomic E-state index is 14.2. The summed E-state index contributed by atoms with van der Waals surface area (Å²) in [5, 5.41) is 14.5. The van der Waals surface area contributed by atoms with Gasteiger partial charge in [0.2, 0.25) is 0 Å². The summed E-state index contributed by atoms with van der Waals surface area (Å²) < 4.78 is 34.8. The number of rotatable bonds is 3. The molecule has 2 fully saturated rings. The van der Waals surface area contributed by atoms with Crippen LogP contribution in [0.3, 0.4) is 0 Å². The van der Waals surface area contributed by atoms with Crippen molar-refractivity contribution in [1.29, 1.82) is 0 Å². The van der Waals surface area contributed by atoms with Gasteiger partial charge in [-0.15, -0.1) is 0 Å². The predicted octanol–water partition coefficient (Wildman–Crippen LogP) is 1.85. The number of halogens is 2. The minimum absolute atomic E-state index is 0.0387. The fourth-order valence-electron chi connectivity index (χ4n) is 3.24. The second-order valence-corrected chi connectivity index (χ2v) is 5.79. The Morgan fingerprint density at radius 3 is 2.77 bits per heavy atom. The van der Waals surface area contributed by atoms with E-state index >= 15 is 0 Å². The van der Waals surface area contributed by atoms with Crippen LogP contribution >= 0.6 is 0 Å². The summed E-state index contributed by atoms with van der Waals surface area (Å²) in [6.45, 7) is 2.71. The average Bonchev–Trinajstić information content (AvgIpc) is 2.97. The van der Waals surface area contributed by atoms with E-state index in [-0.39, 0.29) is 24.6 Å². The van der Waals surface area contributed by atoms with E-state index in [9.17, 15) is 18.9 Å². The number of hydrogen-bond acceptors (Lipinski definition) is 5. The van der Waals surface area contributed by atoms with Gasteiger partial charge in [0.25, 0.3) is 5.92 Å². The van der Waals surface area contributed by atoms with Gasteiger partial charge in [-0.25, -0.2) is 8.78 Å². The molecule has 22 heavy (non-hydrogen) atoms. The number of morpholine rings is 1. The second kappa shape index (κ2) is 5.88. The van der Waals surface area contributed by atoms with Crippen molar-refractivity contribution in [1.82, 2.24) is 14.7 Å².